The summed E-state index contributed by atoms with van der Waals surface area (Å²) in [4.78, 5) is 2.32. The van der Waals surface area contributed by atoms with Gasteiger partial charge in [-0.1, -0.05) is 25.5 Å². The monoisotopic (exact) mass is 420 g/mol. The molecule has 7 atom stereocenters. The number of rotatable bonds is 7. The van der Waals surface area contributed by atoms with Gasteiger partial charge in [-0.3, -0.25) is 4.90 Å². The largest absolute Gasteiger partial charge is 0.341 e. The molecule has 4 rings (SSSR count). The zero-order valence-corrected chi connectivity index (χ0v) is 19.4. The van der Waals surface area contributed by atoms with Crippen LogP contribution in [0.3, 0.4) is 0 Å². The van der Waals surface area contributed by atoms with Crippen LogP contribution < -0.4 is 26.8 Å². The summed E-state index contributed by atoms with van der Waals surface area (Å²) >= 11 is 0. The number of ether oxygens (including phenoxy) is 1. The van der Waals surface area contributed by atoms with Crippen molar-refractivity contribution < 1.29 is 4.74 Å². The first-order chi connectivity index (χ1) is 14.5. The van der Waals surface area contributed by atoms with Gasteiger partial charge in [-0.25, -0.2) is 10.9 Å². The molecule has 3 fully saturated rings. The molecule has 0 radical (unpaired) electrons. The quantitative estimate of drug-likeness (QED) is 0.400. The predicted molar refractivity (Wildman–Crippen MR) is 121 cm³/mol. The average molecular weight is 421 g/mol. The molecule has 0 aromatic carbocycles. The van der Waals surface area contributed by atoms with Crippen molar-refractivity contribution in [1.29, 1.82) is 0 Å². The van der Waals surface area contributed by atoms with E-state index in [-0.39, 0.29) is 12.5 Å². The highest BCUT2D eigenvalue weighted by atomic mass is 16.6. The minimum absolute atomic E-state index is 0.0590. The van der Waals surface area contributed by atoms with Gasteiger partial charge in [-0.05, 0) is 76.3 Å². The second-order valence-corrected chi connectivity index (χ2v) is 10.3. The second-order valence-electron chi connectivity index (χ2n) is 10.3. The van der Waals surface area contributed by atoms with Gasteiger partial charge in [0.1, 0.15) is 12.5 Å². The van der Waals surface area contributed by atoms with E-state index in [1.807, 2.05) is 0 Å². The molecule has 3 aliphatic heterocycles. The van der Waals surface area contributed by atoms with Gasteiger partial charge in [0.2, 0.25) is 0 Å². The molecule has 7 nitrogen and oxygen atoms in total. The van der Waals surface area contributed by atoms with Crippen LogP contribution in [0.25, 0.3) is 0 Å². The number of hydrogen-bond donors (Lipinski definition) is 5. The van der Waals surface area contributed by atoms with Gasteiger partial charge >= 0.3 is 0 Å². The Bertz CT molecular complexity index is 578. The van der Waals surface area contributed by atoms with Crippen molar-refractivity contribution in [3.63, 3.8) is 0 Å². The van der Waals surface area contributed by atoms with Gasteiger partial charge in [0.15, 0.2) is 0 Å². The average Bonchev–Trinajstić information content (AvgIpc) is 3.37. The normalized spacial score (nSPS) is 40.8. The van der Waals surface area contributed by atoms with Crippen LogP contribution in [-0.2, 0) is 4.74 Å². The zero-order valence-electron chi connectivity index (χ0n) is 19.4. The summed E-state index contributed by atoms with van der Waals surface area (Å²) in [5.74, 6) is 2.65. The van der Waals surface area contributed by atoms with E-state index in [4.69, 9.17) is 4.74 Å². The van der Waals surface area contributed by atoms with Crippen molar-refractivity contribution in [2.45, 2.75) is 77.5 Å². The lowest BCUT2D eigenvalue weighted by atomic mass is 9.69. The van der Waals surface area contributed by atoms with Gasteiger partial charge in [0.05, 0.1) is 12.2 Å². The van der Waals surface area contributed by atoms with E-state index in [0.29, 0.717) is 30.0 Å². The Morgan fingerprint density at radius 3 is 2.83 bits per heavy atom. The maximum Gasteiger partial charge on any atom is 0.139 e. The molecule has 5 N–H and O–H groups in total. The maximum atomic E-state index is 6.36. The van der Waals surface area contributed by atoms with Crippen molar-refractivity contribution in [3.05, 3.63) is 11.6 Å². The summed E-state index contributed by atoms with van der Waals surface area (Å²) in [6.07, 6.45) is 9.45. The van der Waals surface area contributed by atoms with Gasteiger partial charge in [0, 0.05) is 19.8 Å². The molecular formula is C23H44N6O. The number of hydrazine groups is 1. The molecule has 0 saturated carbocycles. The highest BCUT2D eigenvalue weighted by Gasteiger charge is 2.38. The van der Waals surface area contributed by atoms with Crippen LogP contribution in [0.4, 0.5) is 0 Å². The van der Waals surface area contributed by atoms with Crippen molar-refractivity contribution in [2.75, 3.05) is 33.4 Å². The van der Waals surface area contributed by atoms with Gasteiger partial charge in [0.25, 0.3) is 0 Å². The number of hydrogen-bond acceptors (Lipinski definition) is 7. The van der Waals surface area contributed by atoms with E-state index in [0.717, 1.165) is 38.6 Å². The highest BCUT2D eigenvalue weighted by Crippen LogP contribution is 2.39. The van der Waals surface area contributed by atoms with Gasteiger partial charge in [-0.2, -0.15) is 0 Å². The first-order valence-corrected chi connectivity index (χ1v) is 12.2. The fourth-order valence-electron chi connectivity index (χ4n) is 5.83. The summed E-state index contributed by atoms with van der Waals surface area (Å²) < 4.78 is 6.36. The van der Waals surface area contributed by atoms with E-state index in [1.165, 1.54) is 25.7 Å². The standard InChI is InChI=1S/C23H44N6O/c1-15(2)19-10-17(11-22-27-28-23(30-22)20-13-24-14-29(20)4)16(3)9-18(19)12-26-21-7-5-6-8-25-21/h9,15,17-28H,5-8,10-14H2,1-4H3. The first-order valence-electron chi connectivity index (χ1n) is 12.2. The number of piperidine rings is 1. The molecule has 7 heteroatoms. The third-order valence-corrected chi connectivity index (χ3v) is 7.82. The molecule has 3 saturated heterocycles. The van der Waals surface area contributed by atoms with E-state index in [1.54, 1.807) is 5.57 Å². The minimum atomic E-state index is 0.0590. The second kappa shape index (κ2) is 10.4. The molecule has 3 heterocycles. The molecular weight excluding hydrogens is 376 g/mol. The van der Waals surface area contributed by atoms with Gasteiger partial charge < -0.3 is 20.7 Å². The molecule has 172 valence electrons. The predicted octanol–water partition coefficient (Wildman–Crippen LogP) is 1.56. The highest BCUT2D eigenvalue weighted by molar-refractivity contribution is 5.13. The van der Waals surface area contributed by atoms with E-state index >= 15 is 0 Å². The van der Waals surface area contributed by atoms with Crippen molar-refractivity contribution in [3.8, 4) is 0 Å². The van der Waals surface area contributed by atoms with E-state index < -0.39 is 0 Å². The molecule has 30 heavy (non-hydrogen) atoms. The van der Waals surface area contributed by atoms with Crippen molar-refractivity contribution in [1.82, 2.24) is 31.7 Å². The molecule has 0 spiro atoms. The lowest BCUT2D eigenvalue weighted by molar-refractivity contribution is -0.0120. The van der Waals surface area contributed by atoms with Crippen LogP contribution in [0.15, 0.2) is 11.6 Å². The Hall–Kier alpha value is -0.540. The van der Waals surface area contributed by atoms with E-state index in [2.05, 4.69) is 65.6 Å². The van der Waals surface area contributed by atoms with Crippen molar-refractivity contribution >= 4 is 0 Å². The molecule has 7 unspecified atom stereocenters. The third kappa shape index (κ3) is 5.44. The van der Waals surface area contributed by atoms with Crippen LogP contribution >= 0.6 is 0 Å². The Morgan fingerprint density at radius 1 is 1.27 bits per heavy atom. The summed E-state index contributed by atoms with van der Waals surface area (Å²) in [7, 11) is 2.15. The SMILES string of the molecule is CC1=CC(CNC2CCCCN2)C(C(C)C)CC1CC1NNC(C2CNCN2C)O1. The minimum Gasteiger partial charge on any atom is -0.341 e. The first kappa shape index (κ1) is 22.6. The summed E-state index contributed by atoms with van der Waals surface area (Å²) in [6, 6.07) is 0.387. The summed E-state index contributed by atoms with van der Waals surface area (Å²) in [5.41, 5.74) is 8.36. The van der Waals surface area contributed by atoms with Gasteiger partial charge in [-0.15, -0.1) is 0 Å². The number of likely N-dealkylation sites (N-methyl/N-ethyl adjacent to an activating group) is 1. The Morgan fingerprint density at radius 2 is 2.13 bits per heavy atom. The smallest absolute Gasteiger partial charge is 0.139 e. The lowest BCUT2D eigenvalue weighted by Crippen LogP contribution is -2.48. The number of allylic oxidation sites excluding steroid dienone is 1. The van der Waals surface area contributed by atoms with Crippen LogP contribution in [0, 0.1) is 23.7 Å². The Labute approximate surface area is 183 Å². The lowest BCUT2D eigenvalue weighted by Gasteiger charge is -2.39. The third-order valence-electron chi connectivity index (χ3n) is 7.82. The fourth-order valence-corrected chi connectivity index (χ4v) is 5.83. The molecule has 0 aromatic heterocycles. The molecule has 0 amide bonds. The molecule has 0 bridgehead atoms. The zero-order chi connectivity index (χ0) is 21.1. The van der Waals surface area contributed by atoms with Crippen LogP contribution in [0.2, 0.25) is 0 Å². The summed E-state index contributed by atoms with van der Waals surface area (Å²) in [5, 5.41) is 10.9. The van der Waals surface area contributed by atoms with Crippen molar-refractivity contribution in [2.24, 2.45) is 23.7 Å². The van der Waals surface area contributed by atoms with Crippen LogP contribution in [0.5, 0.6) is 0 Å². The van der Waals surface area contributed by atoms with Crippen LogP contribution in [0.1, 0.15) is 52.9 Å². The number of nitrogens with one attached hydrogen (secondary N) is 5. The maximum absolute atomic E-state index is 6.36. The number of nitrogens with zero attached hydrogens (tertiary/aromatic N) is 1. The Balaban J connectivity index is 1.32. The molecule has 0 aromatic rings. The molecule has 4 aliphatic rings. The molecule has 1 aliphatic carbocycles. The van der Waals surface area contributed by atoms with E-state index in [9.17, 15) is 0 Å². The fraction of sp³-hybridized carbons (Fsp3) is 0.913. The Kier molecular flexibility index (Phi) is 7.84. The van der Waals surface area contributed by atoms with Crippen LogP contribution in [-0.4, -0.2) is 62.9 Å². The topological polar surface area (TPSA) is 72.6 Å². The summed E-state index contributed by atoms with van der Waals surface area (Å²) in [6.45, 7) is 11.3.